The summed E-state index contributed by atoms with van der Waals surface area (Å²) < 4.78 is 14.9. The maximum atomic E-state index is 13.4. The zero-order valence-corrected chi connectivity index (χ0v) is 12.3. The van der Waals surface area contributed by atoms with Crippen LogP contribution in [0.4, 0.5) is 10.3 Å². The van der Waals surface area contributed by atoms with Gasteiger partial charge in [-0.1, -0.05) is 11.6 Å². The topological polar surface area (TPSA) is 72.9 Å². The second-order valence-corrected chi connectivity index (χ2v) is 6.02. The largest absolute Gasteiger partial charge is 0.369 e. The molecule has 0 aliphatic rings. The number of carbonyl (C=O) groups excluding carboxylic acids is 1. The molecule has 0 bridgehead atoms. The van der Waals surface area contributed by atoms with Gasteiger partial charge in [-0.3, -0.25) is 4.79 Å². The van der Waals surface area contributed by atoms with E-state index >= 15 is 0 Å². The molecule has 0 atom stereocenters. The molecule has 0 fully saturated rings. The predicted octanol–water partition coefficient (Wildman–Crippen LogP) is 2.33. The number of fused-ring (bicyclic) bond motifs is 1. The summed E-state index contributed by atoms with van der Waals surface area (Å²) in [5, 5.41) is 2.79. The van der Waals surface area contributed by atoms with Crippen molar-refractivity contribution < 1.29 is 9.18 Å². The van der Waals surface area contributed by atoms with Crippen molar-refractivity contribution >= 4 is 34.5 Å². The van der Waals surface area contributed by atoms with E-state index in [1.54, 1.807) is 0 Å². The summed E-state index contributed by atoms with van der Waals surface area (Å²) >= 11 is 5.75. The lowest BCUT2D eigenvalue weighted by Crippen LogP contribution is -2.42. The summed E-state index contributed by atoms with van der Waals surface area (Å²) in [5.74, 6) is -0.627. The molecular formula is C13H16ClFN4O. The number of rotatable bonds is 2. The summed E-state index contributed by atoms with van der Waals surface area (Å²) in [6, 6.07) is 2.62. The van der Waals surface area contributed by atoms with Crippen LogP contribution in [0.5, 0.6) is 0 Å². The zero-order chi connectivity index (χ0) is 15.1. The predicted molar refractivity (Wildman–Crippen MR) is 77.0 cm³/mol. The fraction of sp³-hybridized carbons (Fsp3) is 0.385. The summed E-state index contributed by atoms with van der Waals surface area (Å²) in [7, 11) is 0. The fourth-order valence-corrected chi connectivity index (χ4v) is 2.06. The molecule has 1 aromatic heterocycles. The van der Waals surface area contributed by atoms with Crippen molar-refractivity contribution in [1.82, 2.24) is 14.9 Å². The Kier molecular flexibility index (Phi) is 3.60. The van der Waals surface area contributed by atoms with Crippen LogP contribution in [0.1, 0.15) is 20.8 Å². The third kappa shape index (κ3) is 3.01. The highest BCUT2D eigenvalue weighted by atomic mass is 35.5. The molecule has 1 amide bonds. The molecule has 0 saturated heterocycles. The molecule has 0 radical (unpaired) electrons. The van der Waals surface area contributed by atoms with Gasteiger partial charge in [-0.25, -0.2) is 9.37 Å². The number of benzene rings is 1. The van der Waals surface area contributed by atoms with Crippen LogP contribution >= 0.6 is 11.6 Å². The standard InChI is InChI=1S/C13H16ClFN4O/c1-13(2,3)18-11(20)6-19-10-4-7(14)8(15)5-9(10)17-12(19)16/h4-5H,6H2,1-3H3,(H2,16,17)(H,18,20). The van der Waals surface area contributed by atoms with Gasteiger partial charge in [0.05, 0.1) is 16.1 Å². The number of nitrogens with zero attached hydrogens (tertiary/aromatic N) is 2. The van der Waals surface area contributed by atoms with Crippen molar-refractivity contribution in [1.29, 1.82) is 0 Å². The lowest BCUT2D eigenvalue weighted by Gasteiger charge is -2.20. The van der Waals surface area contributed by atoms with Crippen LogP contribution in [0.25, 0.3) is 11.0 Å². The Labute approximate surface area is 120 Å². The summed E-state index contributed by atoms with van der Waals surface area (Å²) in [6.45, 7) is 5.65. The molecule has 3 N–H and O–H groups in total. The van der Waals surface area contributed by atoms with E-state index in [0.29, 0.717) is 11.0 Å². The second-order valence-electron chi connectivity index (χ2n) is 5.61. The highest BCUT2D eigenvalue weighted by molar-refractivity contribution is 6.31. The smallest absolute Gasteiger partial charge is 0.240 e. The Morgan fingerprint density at radius 3 is 2.75 bits per heavy atom. The van der Waals surface area contributed by atoms with Gasteiger partial charge in [0.15, 0.2) is 0 Å². The first-order valence-corrected chi connectivity index (χ1v) is 6.47. The number of hydrogen-bond donors (Lipinski definition) is 2. The van der Waals surface area contributed by atoms with Gasteiger partial charge in [0.25, 0.3) is 0 Å². The van der Waals surface area contributed by atoms with Crippen molar-refractivity contribution in [3.05, 3.63) is 23.0 Å². The van der Waals surface area contributed by atoms with E-state index in [-0.39, 0.29) is 29.0 Å². The number of anilines is 1. The normalized spacial score (nSPS) is 11.8. The highest BCUT2D eigenvalue weighted by Gasteiger charge is 2.17. The third-order valence-electron chi connectivity index (χ3n) is 2.64. The summed E-state index contributed by atoms with van der Waals surface area (Å²) in [4.78, 5) is 16.0. The molecule has 2 rings (SSSR count). The number of nitrogen functional groups attached to an aromatic ring is 1. The molecule has 0 aliphatic heterocycles. The zero-order valence-electron chi connectivity index (χ0n) is 11.5. The van der Waals surface area contributed by atoms with Gasteiger partial charge >= 0.3 is 0 Å². The molecule has 20 heavy (non-hydrogen) atoms. The van der Waals surface area contributed by atoms with Crippen molar-refractivity contribution in [3.8, 4) is 0 Å². The Morgan fingerprint density at radius 1 is 1.50 bits per heavy atom. The monoisotopic (exact) mass is 298 g/mol. The number of amides is 1. The minimum absolute atomic E-state index is 0.00155. The number of nitrogens with one attached hydrogen (secondary N) is 1. The quantitative estimate of drug-likeness (QED) is 0.893. The molecule has 108 valence electrons. The lowest BCUT2D eigenvalue weighted by molar-refractivity contribution is -0.122. The van der Waals surface area contributed by atoms with E-state index in [1.165, 1.54) is 16.7 Å². The maximum absolute atomic E-state index is 13.4. The van der Waals surface area contributed by atoms with Crippen LogP contribution in [-0.2, 0) is 11.3 Å². The van der Waals surface area contributed by atoms with E-state index in [9.17, 15) is 9.18 Å². The Morgan fingerprint density at radius 2 is 2.15 bits per heavy atom. The van der Waals surface area contributed by atoms with Crippen LogP contribution in [0.15, 0.2) is 12.1 Å². The van der Waals surface area contributed by atoms with E-state index in [1.807, 2.05) is 20.8 Å². The number of imidazole rings is 1. The minimum atomic E-state index is -0.567. The van der Waals surface area contributed by atoms with Crippen LogP contribution in [0, 0.1) is 5.82 Å². The van der Waals surface area contributed by atoms with E-state index in [2.05, 4.69) is 10.3 Å². The first-order valence-electron chi connectivity index (χ1n) is 6.09. The van der Waals surface area contributed by atoms with Gasteiger partial charge < -0.3 is 15.6 Å². The third-order valence-corrected chi connectivity index (χ3v) is 2.93. The van der Waals surface area contributed by atoms with Crippen molar-refractivity contribution in [2.24, 2.45) is 0 Å². The molecule has 0 unspecified atom stereocenters. The second kappa shape index (κ2) is 4.94. The summed E-state index contributed by atoms with van der Waals surface area (Å²) in [6.07, 6.45) is 0. The molecule has 5 nitrogen and oxygen atoms in total. The van der Waals surface area contributed by atoms with Crippen molar-refractivity contribution in [2.45, 2.75) is 32.9 Å². The van der Waals surface area contributed by atoms with Crippen LogP contribution in [-0.4, -0.2) is 21.0 Å². The van der Waals surface area contributed by atoms with Crippen LogP contribution < -0.4 is 11.1 Å². The van der Waals surface area contributed by atoms with Gasteiger partial charge in [-0.15, -0.1) is 0 Å². The number of carbonyl (C=O) groups is 1. The molecule has 0 spiro atoms. The lowest BCUT2D eigenvalue weighted by atomic mass is 10.1. The van der Waals surface area contributed by atoms with E-state index in [0.717, 1.165) is 0 Å². The molecule has 0 saturated carbocycles. The highest BCUT2D eigenvalue weighted by Crippen LogP contribution is 2.24. The Hall–Kier alpha value is -1.82. The fourth-order valence-electron chi connectivity index (χ4n) is 1.91. The van der Waals surface area contributed by atoms with Crippen LogP contribution in [0.3, 0.4) is 0 Å². The minimum Gasteiger partial charge on any atom is -0.369 e. The number of nitrogens with two attached hydrogens (primary N) is 1. The molecule has 2 aromatic rings. The van der Waals surface area contributed by atoms with Gasteiger partial charge in [0, 0.05) is 11.6 Å². The van der Waals surface area contributed by atoms with Gasteiger partial charge in [0.1, 0.15) is 12.4 Å². The number of hydrogen-bond acceptors (Lipinski definition) is 3. The van der Waals surface area contributed by atoms with Gasteiger partial charge in [-0.2, -0.15) is 0 Å². The molecule has 1 heterocycles. The molecule has 7 heteroatoms. The van der Waals surface area contributed by atoms with Gasteiger partial charge in [0.2, 0.25) is 11.9 Å². The number of aromatic nitrogens is 2. The molecule has 1 aromatic carbocycles. The Bertz CT molecular complexity index is 675. The SMILES string of the molecule is CC(C)(C)NC(=O)Cn1c(N)nc2cc(F)c(Cl)cc21. The average Bonchev–Trinajstić information content (AvgIpc) is 2.54. The van der Waals surface area contributed by atoms with E-state index < -0.39 is 5.82 Å². The number of halogens is 2. The molecule has 0 aliphatic carbocycles. The van der Waals surface area contributed by atoms with Crippen molar-refractivity contribution in [3.63, 3.8) is 0 Å². The van der Waals surface area contributed by atoms with Crippen LogP contribution in [0.2, 0.25) is 5.02 Å². The maximum Gasteiger partial charge on any atom is 0.240 e. The van der Waals surface area contributed by atoms with Crippen molar-refractivity contribution in [2.75, 3.05) is 5.73 Å². The summed E-state index contributed by atoms with van der Waals surface area (Å²) in [5.41, 5.74) is 6.32. The Balaban J connectivity index is 2.37. The average molecular weight is 299 g/mol. The first-order chi connectivity index (χ1) is 9.17. The van der Waals surface area contributed by atoms with Gasteiger partial charge in [-0.05, 0) is 26.8 Å². The van der Waals surface area contributed by atoms with E-state index in [4.69, 9.17) is 17.3 Å². The molecular weight excluding hydrogens is 283 g/mol. The first kappa shape index (κ1) is 14.6.